The molecule has 3 aromatic rings. The lowest BCUT2D eigenvalue weighted by Gasteiger charge is -2.13. The van der Waals surface area contributed by atoms with Gasteiger partial charge in [0.2, 0.25) is 11.7 Å². The minimum absolute atomic E-state index is 0.165. The molecule has 49 heavy (non-hydrogen) atoms. The van der Waals surface area contributed by atoms with Crippen molar-refractivity contribution in [1.29, 1.82) is 0 Å². The number of hydrogen-bond donors (Lipinski definition) is 1. The molecule has 0 aliphatic carbocycles. The zero-order chi connectivity index (χ0) is 37.7. The Balaban J connectivity index is 0.000000266. The van der Waals surface area contributed by atoms with Crippen LogP contribution >= 0.6 is 0 Å². The fraction of sp³-hybridized carbons (Fsp3) is 0.462. The van der Waals surface area contributed by atoms with E-state index < -0.39 is 99.5 Å². The van der Waals surface area contributed by atoms with E-state index in [-0.39, 0.29) is 17.7 Å². The molecule has 0 atom stereocenters. The first-order valence-corrected chi connectivity index (χ1v) is 16.9. The molecule has 1 aliphatic heterocycles. The highest BCUT2D eigenvalue weighted by Crippen LogP contribution is 2.38. The summed E-state index contributed by atoms with van der Waals surface area (Å²) in [6.07, 6.45) is -9.29. The van der Waals surface area contributed by atoms with Gasteiger partial charge in [0, 0.05) is 38.0 Å². The first-order valence-electron chi connectivity index (χ1n) is 13.3. The number of carbonyl (C=O) groups is 1. The molecule has 0 fully saturated rings. The molecule has 4 rings (SSSR count). The number of oxime groups is 1. The van der Waals surface area contributed by atoms with Crippen molar-refractivity contribution >= 4 is 30.5 Å². The van der Waals surface area contributed by atoms with Crippen LogP contribution < -0.4 is 10.3 Å². The Morgan fingerprint density at radius 3 is 2.10 bits per heavy atom. The van der Waals surface area contributed by atoms with Crippen molar-refractivity contribution < 1.29 is 66.3 Å². The average Bonchev–Trinajstić information content (AvgIpc) is 3.54. The molecule has 13 nitrogen and oxygen atoms in total. The summed E-state index contributed by atoms with van der Waals surface area (Å²) >= 11 is 0. The van der Waals surface area contributed by atoms with E-state index in [0.717, 1.165) is 17.8 Å². The summed E-state index contributed by atoms with van der Waals surface area (Å²) in [4.78, 5) is 28.6. The molecule has 0 bridgehead atoms. The third-order valence-electron chi connectivity index (χ3n) is 6.63. The van der Waals surface area contributed by atoms with E-state index in [1.54, 1.807) is 0 Å². The lowest BCUT2D eigenvalue weighted by molar-refractivity contribution is -0.142. The van der Waals surface area contributed by atoms with E-state index >= 15 is 0 Å². The number of aromatic nitrogens is 4. The van der Waals surface area contributed by atoms with Gasteiger partial charge in [0.15, 0.2) is 30.4 Å². The van der Waals surface area contributed by atoms with Crippen molar-refractivity contribution in [2.75, 3.05) is 6.26 Å². The van der Waals surface area contributed by atoms with Gasteiger partial charge < -0.3 is 9.57 Å². The lowest BCUT2D eigenvalue weighted by atomic mass is 10.0. The van der Waals surface area contributed by atoms with Crippen LogP contribution in [0.3, 0.4) is 0 Å². The summed E-state index contributed by atoms with van der Waals surface area (Å²) in [7, 11) is -6.20. The largest absolute Gasteiger partial charge is 0.435 e. The number of ether oxygens (including phenoxy) is 1. The maximum absolute atomic E-state index is 13.1. The van der Waals surface area contributed by atoms with Crippen molar-refractivity contribution in [3.63, 3.8) is 0 Å². The molecule has 0 unspecified atom stereocenters. The Morgan fingerprint density at radius 1 is 1.08 bits per heavy atom. The smallest absolute Gasteiger partial charge is 0.417 e. The highest BCUT2D eigenvalue weighted by atomic mass is 32.2. The molecule has 3 heterocycles. The number of benzene rings is 1. The molecule has 0 saturated carbocycles. The maximum Gasteiger partial charge on any atom is 0.435 e. The molecular weight excluding hydrogens is 726 g/mol. The molecular formula is C26H27F8N5O8S2. The van der Waals surface area contributed by atoms with E-state index in [1.807, 2.05) is 0 Å². The Hall–Kier alpha value is -4.28. The SMILES string of the molecule is Cc1[nH]n(C)c(=O)c1C(=O)c1ccc(C(F)(F)F)cc1S(C)(=O)=O.Cn1nc(C(F)(F)F)c(CS(=O)(=O)C2=NOC(C)(C)C2)c1OC(F)F. The Morgan fingerprint density at radius 2 is 1.67 bits per heavy atom. The number of H-pyrrole nitrogens is 1. The van der Waals surface area contributed by atoms with Gasteiger partial charge in [0.25, 0.3) is 5.56 Å². The van der Waals surface area contributed by atoms with Crippen LogP contribution in [0.15, 0.2) is 33.0 Å². The number of nitrogens with zero attached hydrogens (tertiary/aromatic N) is 4. The van der Waals surface area contributed by atoms with Crippen LogP contribution in [-0.4, -0.2) is 65.7 Å². The summed E-state index contributed by atoms with van der Waals surface area (Å²) in [6.45, 7) is 1.05. The van der Waals surface area contributed by atoms with Gasteiger partial charge in [-0.2, -0.15) is 40.2 Å². The molecule has 272 valence electrons. The lowest BCUT2D eigenvalue weighted by Crippen LogP contribution is -2.24. The number of aromatic amines is 1. The van der Waals surface area contributed by atoms with Crippen molar-refractivity contribution in [3.05, 3.63) is 62.2 Å². The number of ketones is 1. The number of hydrogen-bond acceptors (Lipinski definition) is 10. The number of rotatable bonds is 7. The Kier molecular flexibility index (Phi) is 10.6. The molecule has 1 aromatic carbocycles. The third kappa shape index (κ3) is 8.85. The number of carbonyl (C=O) groups excluding carboxylic acids is 1. The average molecular weight is 754 g/mol. The number of alkyl halides is 8. The second kappa shape index (κ2) is 13.2. The van der Waals surface area contributed by atoms with Gasteiger partial charge in [-0.15, -0.1) is 0 Å². The van der Waals surface area contributed by atoms with E-state index in [9.17, 15) is 61.5 Å². The van der Waals surface area contributed by atoms with Gasteiger partial charge in [-0.3, -0.25) is 19.4 Å². The first kappa shape index (κ1) is 39.2. The number of nitrogens with one attached hydrogen (secondary N) is 1. The first-order chi connectivity index (χ1) is 22.1. The number of halogens is 8. The predicted octanol–water partition coefficient (Wildman–Crippen LogP) is 4.14. The van der Waals surface area contributed by atoms with E-state index in [1.165, 1.54) is 27.8 Å². The van der Waals surface area contributed by atoms with Gasteiger partial charge in [-0.25, -0.2) is 21.5 Å². The zero-order valence-electron chi connectivity index (χ0n) is 26.1. The second-order valence-electron chi connectivity index (χ2n) is 11.2. The van der Waals surface area contributed by atoms with Crippen LogP contribution in [-0.2, 0) is 56.7 Å². The van der Waals surface area contributed by atoms with Gasteiger partial charge in [0.05, 0.1) is 21.8 Å². The third-order valence-corrected chi connectivity index (χ3v) is 9.37. The van der Waals surface area contributed by atoms with Crippen LogP contribution in [0.2, 0.25) is 0 Å². The molecule has 1 aliphatic rings. The molecule has 0 radical (unpaired) electrons. The van der Waals surface area contributed by atoms with Gasteiger partial charge in [0.1, 0.15) is 11.2 Å². The van der Waals surface area contributed by atoms with Gasteiger partial charge in [-0.1, -0.05) is 5.16 Å². The van der Waals surface area contributed by atoms with Crippen molar-refractivity contribution in [2.45, 2.75) is 62.4 Å². The Labute approximate surface area is 272 Å². The van der Waals surface area contributed by atoms with Crippen LogP contribution in [0.1, 0.15) is 58.7 Å². The van der Waals surface area contributed by atoms with E-state index in [4.69, 9.17) is 4.84 Å². The Bertz CT molecular complexity index is 2080. The van der Waals surface area contributed by atoms with Crippen LogP contribution in [0.5, 0.6) is 5.88 Å². The molecule has 1 N–H and O–H groups in total. The van der Waals surface area contributed by atoms with Crippen LogP contribution in [0.25, 0.3) is 0 Å². The number of sulfone groups is 2. The highest BCUT2D eigenvalue weighted by Gasteiger charge is 2.43. The standard InChI is InChI=1S/C14H13F3N2O4S.C12H14F5N3O4S/c1-7-11(13(21)19(2)18-7)12(20)9-5-4-8(14(15,16)17)6-10(9)24(3,22)23;1-11(2)4-7(19-24-11)25(21,22)5-6-8(12(15,16)17)18-20(3)9(6)23-10(13)14/h4-6,18H,1-3H3;10H,4-5H2,1-3H3. The zero-order valence-corrected chi connectivity index (χ0v) is 27.8. The fourth-order valence-electron chi connectivity index (χ4n) is 4.47. The molecule has 0 saturated heterocycles. The monoisotopic (exact) mass is 753 g/mol. The van der Waals surface area contributed by atoms with Crippen LogP contribution in [0.4, 0.5) is 35.1 Å². The quantitative estimate of drug-likeness (QED) is 0.275. The summed E-state index contributed by atoms with van der Waals surface area (Å²) in [5.41, 5.74) is -6.07. The molecule has 0 spiro atoms. The summed E-state index contributed by atoms with van der Waals surface area (Å²) in [6, 6.07) is 1.77. The number of aryl methyl sites for hydroxylation is 3. The molecule has 2 aromatic heterocycles. The van der Waals surface area contributed by atoms with Crippen molar-refractivity contribution in [3.8, 4) is 5.88 Å². The van der Waals surface area contributed by atoms with Gasteiger partial charge >= 0.3 is 19.0 Å². The maximum atomic E-state index is 13.1. The topological polar surface area (TPSA) is 172 Å². The summed E-state index contributed by atoms with van der Waals surface area (Å²) in [5.74, 6) is -3.19. The van der Waals surface area contributed by atoms with Crippen molar-refractivity contribution in [2.24, 2.45) is 19.3 Å². The summed E-state index contributed by atoms with van der Waals surface area (Å²) < 4.78 is 156. The minimum atomic E-state index is -5.06. The van der Waals surface area contributed by atoms with Crippen molar-refractivity contribution in [1.82, 2.24) is 19.6 Å². The predicted molar refractivity (Wildman–Crippen MR) is 153 cm³/mol. The van der Waals surface area contributed by atoms with Crippen LogP contribution in [0, 0.1) is 6.92 Å². The van der Waals surface area contributed by atoms with Gasteiger partial charge in [-0.05, 0) is 39.0 Å². The molecule has 23 heteroatoms. The fourth-order valence-corrected chi connectivity index (χ4v) is 6.89. The minimum Gasteiger partial charge on any atom is -0.417 e. The molecule has 0 amide bonds. The normalized spacial score (nSPS) is 15.0. The summed E-state index contributed by atoms with van der Waals surface area (Å²) in [5, 5.41) is 8.55. The second-order valence-corrected chi connectivity index (χ2v) is 15.2. The van der Waals surface area contributed by atoms with E-state index in [0.29, 0.717) is 23.1 Å². The van der Waals surface area contributed by atoms with E-state index in [2.05, 4.69) is 20.1 Å². The highest BCUT2D eigenvalue weighted by molar-refractivity contribution is 8.05.